The van der Waals surface area contributed by atoms with Gasteiger partial charge in [0, 0.05) is 23.6 Å². The van der Waals surface area contributed by atoms with Crippen molar-refractivity contribution < 1.29 is 23.5 Å². The van der Waals surface area contributed by atoms with Gasteiger partial charge in [-0.2, -0.15) is 0 Å². The third kappa shape index (κ3) is 3.27. The quantitative estimate of drug-likeness (QED) is 0.416. The number of carbonyl (C=O) groups excluding carboxylic acids is 2. The van der Waals surface area contributed by atoms with Crippen molar-refractivity contribution >= 4 is 23.1 Å². The molecule has 1 fully saturated rings. The van der Waals surface area contributed by atoms with Crippen molar-refractivity contribution in [3.8, 4) is 0 Å². The molecule has 1 aromatic heterocycles. The minimum absolute atomic E-state index is 0.148. The maximum absolute atomic E-state index is 13.8. The molecule has 0 aliphatic carbocycles. The Morgan fingerprint density at radius 2 is 1.62 bits per heavy atom. The summed E-state index contributed by atoms with van der Waals surface area (Å²) in [5, 5.41) is 10.8. The Hall–Kier alpha value is -3.87. The van der Waals surface area contributed by atoms with Gasteiger partial charge < -0.3 is 5.11 Å². The zero-order chi connectivity index (χ0) is 20.5. The van der Waals surface area contributed by atoms with Gasteiger partial charge in [-0.05, 0) is 48.0 Å². The lowest BCUT2D eigenvalue weighted by atomic mass is 9.95. The van der Waals surface area contributed by atoms with Gasteiger partial charge in [0.2, 0.25) is 0 Å². The number of aliphatic hydroxyl groups excluding tert-OH is 1. The van der Waals surface area contributed by atoms with E-state index in [0.717, 1.165) is 11.0 Å². The van der Waals surface area contributed by atoms with Gasteiger partial charge in [-0.25, -0.2) is 8.78 Å². The Morgan fingerprint density at radius 3 is 2.28 bits per heavy atom. The molecule has 1 unspecified atom stereocenters. The average Bonchev–Trinajstić information content (AvgIpc) is 2.99. The van der Waals surface area contributed by atoms with E-state index in [0.29, 0.717) is 11.1 Å². The van der Waals surface area contributed by atoms with E-state index in [1.165, 1.54) is 67.0 Å². The van der Waals surface area contributed by atoms with Crippen LogP contribution in [0, 0.1) is 11.6 Å². The molecule has 1 saturated heterocycles. The number of rotatable bonds is 3. The van der Waals surface area contributed by atoms with Gasteiger partial charge in [0.15, 0.2) is 0 Å². The van der Waals surface area contributed by atoms with E-state index in [1.807, 2.05) is 0 Å². The Morgan fingerprint density at radius 1 is 0.931 bits per heavy atom. The van der Waals surface area contributed by atoms with Gasteiger partial charge in [-0.1, -0.05) is 18.2 Å². The molecule has 4 rings (SSSR count). The maximum Gasteiger partial charge on any atom is 0.300 e. The topological polar surface area (TPSA) is 70.5 Å². The van der Waals surface area contributed by atoms with Crippen LogP contribution in [0.4, 0.5) is 14.5 Å². The third-order valence-electron chi connectivity index (χ3n) is 4.67. The first kappa shape index (κ1) is 18.5. The highest BCUT2D eigenvalue weighted by atomic mass is 19.1. The summed E-state index contributed by atoms with van der Waals surface area (Å²) in [6, 6.07) is 12.4. The molecule has 144 valence electrons. The van der Waals surface area contributed by atoms with Crippen molar-refractivity contribution in [1.29, 1.82) is 0 Å². The average molecular weight is 392 g/mol. The lowest BCUT2D eigenvalue weighted by molar-refractivity contribution is -0.132. The zero-order valence-electron chi connectivity index (χ0n) is 14.9. The number of nitrogens with zero attached hydrogens (tertiary/aromatic N) is 2. The number of Topliss-reactive ketones (excluding diaryl/α,β-unsaturated/α-hetero) is 1. The highest BCUT2D eigenvalue weighted by Gasteiger charge is 2.47. The molecule has 7 heteroatoms. The minimum atomic E-state index is -1.05. The molecular weight excluding hydrogens is 378 g/mol. The maximum atomic E-state index is 13.8. The van der Waals surface area contributed by atoms with Gasteiger partial charge in [-0.15, -0.1) is 0 Å². The lowest BCUT2D eigenvalue weighted by Crippen LogP contribution is -2.29. The smallest absolute Gasteiger partial charge is 0.300 e. The van der Waals surface area contributed by atoms with Crippen LogP contribution in [-0.2, 0) is 9.59 Å². The van der Waals surface area contributed by atoms with Crippen LogP contribution in [0.2, 0.25) is 0 Å². The van der Waals surface area contributed by atoms with E-state index in [2.05, 4.69) is 4.98 Å². The van der Waals surface area contributed by atoms with Crippen molar-refractivity contribution in [2.75, 3.05) is 4.90 Å². The van der Waals surface area contributed by atoms with Gasteiger partial charge in [0.1, 0.15) is 17.4 Å². The number of hydrogen-bond acceptors (Lipinski definition) is 4. The van der Waals surface area contributed by atoms with Crippen molar-refractivity contribution in [3.05, 3.63) is 101 Å². The van der Waals surface area contributed by atoms with Crippen molar-refractivity contribution in [3.63, 3.8) is 0 Å². The third-order valence-corrected chi connectivity index (χ3v) is 4.67. The van der Waals surface area contributed by atoms with Crippen LogP contribution in [0.5, 0.6) is 0 Å². The first-order valence-electron chi connectivity index (χ1n) is 8.70. The monoisotopic (exact) mass is 392 g/mol. The van der Waals surface area contributed by atoms with Gasteiger partial charge in [0.05, 0.1) is 11.6 Å². The number of halogens is 2. The largest absolute Gasteiger partial charge is 0.507 e. The molecule has 1 atom stereocenters. The van der Waals surface area contributed by atoms with E-state index in [-0.39, 0.29) is 17.0 Å². The molecule has 29 heavy (non-hydrogen) atoms. The standard InChI is InChI=1S/C22H14F2N2O3/c23-15-6-4-13(5-7-15)19-18(20(27)14-8-10-25-11-9-14)21(28)22(29)26(19)17-3-1-2-16(24)12-17/h1-12,19,27H/b20-18+. The molecule has 0 bridgehead atoms. The van der Waals surface area contributed by atoms with Crippen molar-refractivity contribution in [2.45, 2.75) is 6.04 Å². The first-order chi connectivity index (χ1) is 14.0. The molecule has 2 heterocycles. The van der Waals surface area contributed by atoms with Crippen LogP contribution in [0.25, 0.3) is 5.76 Å². The molecule has 1 N–H and O–H groups in total. The molecule has 5 nitrogen and oxygen atoms in total. The number of aliphatic hydroxyl groups is 1. The molecule has 0 saturated carbocycles. The molecular formula is C22H14F2N2O3. The second-order valence-electron chi connectivity index (χ2n) is 6.44. The van der Waals surface area contributed by atoms with E-state index < -0.39 is 29.4 Å². The Balaban J connectivity index is 1.96. The van der Waals surface area contributed by atoms with E-state index in [9.17, 15) is 23.5 Å². The van der Waals surface area contributed by atoms with Crippen LogP contribution in [0.3, 0.4) is 0 Å². The number of benzene rings is 2. The summed E-state index contributed by atoms with van der Waals surface area (Å²) < 4.78 is 27.3. The zero-order valence-corrected chi connectivity index (χ0v) is 14.9. The predicted octanol–water partition coefficient (Wildman–Crippen LogP) is 3.99. The number of hydrogen-bond donors (Lipinski definition) is 1. The van der Waals surface area contributed by atoms with E-state index in [4.69, 9.17) is 0 Å². The minimum Gasteiger partial charge on any atom is -0.507 e. The summed E-state index contributed by atoms with van der Waals surface area (Å²) in [6.07, 6.45) is 2.87. The Labute approximate surface area is 164 Å². The normalized spacial score (nSPS) is 18.3. The number of pyridine rings is 1. The number of ketones is 1. The second kappa shape index (κ2) is 7.27. The van der Waals surface area contributed by atoms with Crippen LogP contribution in [-0.4, -0.2) is 21.8 Å². The fourth-order valence-corrected chi connectivity index (χ4v) is 3.35. The van der Waals surface area contributed by atoms with E-state index >= 15 is 0 Å². The first-order valence-corrected chi connectivity index (χ1v) is 8.70. The summed E-state index contributed by atoms with van der Waals surface area (Å²) in [4.78, 5) is 30.7. The van der Waals surface area contributed by atoms with Crippen molar-refractivity contribution in [2.24, 2.45) is 0 Å². The fraction of sp³-hybridized carbons (Fsp3) is 0.0455. The second-order valence-corrected chi connectivity index (χ2v) is 6.44. The van der Waals surface area contributed by atoms with Crippen LogP contribution < -0.4 is 4.90 Å². The highest BCUT2D eigenvalue weighted by Crippen LogP contribution is 2.42. The summed E-state index contributed by atoms with van der Waals surface area (Å²) in [5.41, 5.74) is 0.669. The molecule has 1 aliphatic rings. The molecule has 1 aliphatic heterocycles. The lowest BCUT2D eigenvalue weighted by Gasteiger charge is -2.25. The van der Waals surface area contributed by atoms with Crippen LogP contribution in [0.1, 0.15) is 17.2 Å². The fourth-order valence-electron chi connectivity index (χ4n) is 3.35. The molecule has 0 spiro atoms. The summed E-state index contributed by atoms with van der Waals surface area (Å²) in [6.45, 7) is 0. The predicted molar refractivity (Wildman–Crippen MR) is 102 cm³/mol. The summed E-state index contributed by atoms with van der Waals surface area (Å²) in [7, 11) is 0. The number of aromatic nitrogens is 1. The number of anilines is 1. The number of amides is 1. The summed E-state index contributed by atoms with van der Waals surface area (Å²) >= 11 is 0. The van der Waals surface area contributed by atoms with Gasteiger partial charge in [-0.3, -0.25) is 19.5 Å². The molecule has 0 radical (unpaired) electrons. The molecule has 2 aromatic carbocycles. The van der Waals surface area contributed by atoms with Crippen LogP contribution >= 0.6 is 0 Å². The SMILES string of the molecule is O=C1C(=O)N(c2cccc(F)c2)C(c2ccc(F)cc2)/C1=C(\O)c1ccncc1. The number of carbonyl (C=O) groups is 2. The Bertz CT molecular complexity index is 1130. The summed E-state index contributed by atoms with van der Waals surface area (Å²) in [5.74, 6) is -3.31. The van der Waals surface area contributed by atoms with Crippen molar-refractivity contribution in [1.82, 2.24) is 4.98 Å². The van der Waals surface area contributed by atoms with E-state index in [1.54, 1.807) is 0 Å². The molecule has 1 amide bonds. The Kier molecular flexibility index (Phi) is 4.64. The highest BCUT2D eigenvalue weighted by molar-refractivity contribution is 6.51. The van der Waals surface area contributed by atoms with Crippen LogP contribution in [0.15, 0.2) is 78.6 Å². The van der Waals surface area contributed by atoms with Gasteiger partial charge in [0.25, 0.3) is 11.7 Å². The van der Waals surface area contributed by atoms with Gasteiger partial charge >= 0.3 is 0 Å². The molecule has 3 aromatic rings.